The second-order valence-electron chi connectivity index (χ2n) is 4.55. The van der Waals surface area contributed by atoms with Gasteiger partial charge in [0.1, 0.15) is 0 Å². The van der Waals surface area contributed by atoms with Crippen molar-refractivity contribution in [2.24, 2.45) is 11.7 Å². The highest BCUT2D eigenvalue weighted by Gasteiger charge is 2.27. The van der Waals surface area contributed by atoms with Crippen LogP contribution in [-0.4, -0.2) is 29.7 Å². The number of aliphatic hydroxyl groups excluding tert-OH is 1. The van der Waals surface area contributed by atoms with Crippen molar-refractivity contribution in [2.45, 2.75) is 51.2 Å². The van der Waals surface area contributed by atoms with E-state index in [0.29, 0.717) is 6.54 Å². The van der Waals surface area contributed by atoms with Gasteiger partial charge < -0.3 is 16.2 Å². The number of hydrogen-bond acceptors (Lipinski definition) is 3. The van der Waals surface area contributed by atoms with E-state index in [0.717, 1.165) is 32.1 Å². The van der Waals surface area contributed by atoms with Crippen molar-refractivity contribution in [2.75, 3.05) is 6.54 Å². The third-order valence-electron chi connectivity index (χ3n) is 2.94. The standard InChI is InChI=1S/C11H22N2O2/c1-8(14)3-2-6-13-11(15)9-4-5-10(12)7-9/h8-10,14H,2-7,12H2,1H3,(H,13,15). The fourth-order valence-electron chi connectivity index (χ4n) is 2.01. The normalized spacial score (nSPS) is 27.7. The van der Waals surface area contributed by atoms with Crippen LogP contribution >= 0.6 is 0 Å². The minimum atomic E-state index is -0.276. The van der Waals surface area contributed by atoms with Crippen molar-refractivity contribution in [1.29, 1.82) is 0 Å². The van der Waals surface area contributed by atoms with E-state index < -0.39 is 0 Å². The molecule has 1 fully saturated rings. The number of rotatable bonds is 5. The molecular formula is C11H22N2O2. The van der Waals surface area contributed by atoms with E-state index in [2.05, 4.69) is 5.32 Å². The fourth-order valence-corrected chi connectivity index (χ4v) is 2.01. The highest BCUT2D eigenvalue weighted by atomic mass is 16.3. The van der Waals surface area contributed by atoms with Gasteiger partial charge in [0.2, 0.25) is 5.91 Å². The molecule has 0 aromatic carbocycles. The Labute approximate surface area is 91.2 Å². The Morgan fingerprint density at radius 2 is 2.33 bits per heavy atom. The summed E-state index contributed by atoms with van der Waals surface area (Å²) >= 11 is 0. The van der Waals surface area contributed by atoms with E-state index in [1.165, 1.54) is 0 Å². The molecule has 3 unspecified atom stereocenters. The Bertz CT molecular complexity index is 207. The zero-order chi connectivity index (χ0) is 11.3. The lowest BCUT2D eigenvalue weighted by atomic mass is 10.1. The second-order valence-corrected chi connectivity index (χ2v) is 4.55. The number of amides is 1. The molecule has 1 rings (SSSR count). The van der Waals surface area contributed by atoms with Crippen LogP contribution in [0, 0.1) is 5.92 Å². The Balaban J connectivity index is 2.08. The fraction of sp³-hybridized carbons (Fsp3) is 0.909. The van der Waals surface area contributed by atoms with Crippen molar-refractivity contribution >= 4 is 5.91 Å². The number of carbonyl (C=O) groups is 1. The number of carbonyl (C=O) groups excluding carboxylic acids is 1. The van der Waals surface area contributed by atoms with E-state index in [9.17, 15) is 4.79 Å². The minimum Gasteiger partial charge on any atom is -0.393 e. The average Bonchev–Trinajstić information content (AvgIpc) is 2.59. The van der Waals surface area contributed by atoms with Gasteiger partial charge in [-0.15, -0.1) is 0 Å². The average molecular weight is 214 g/mol. The van der Waals surface area contributed by atoms with Crippen LogP contribution in [0.4, 0.5) is 0 Å². The zero-order valence-electron chi connectivity index (χ0n) is 9.41. The second kappa shape index (κ2) is 6.08. The molecule has 0 aromatic rings. The summed E-state index contributed by atoms with van der Waals surface area (Å²) < 4.78 is 0. The Kier molecular flexibility index (Phi) is 5.05. The molecule has 0 aliphatic heterocycles. The molecule has 4 N–H and O–H groups in total. The molecule has 3 atom stereocenters. The molecule has 0 saturated heterocycles. The molecule has 1 aliphatic rings. The van der Waals surface area contributed by atoms with Gasteiger partial charge in [0.15, 0.2) is 0 Å². The predicted octanol–water partition coefficient (Wildman–Crippen LogP) is 0.391. The van der Waals surface area contributed by atoms with Crippen LogP contribution in [-0.2, 0) is 4.79 Å². The van der Waals surface area contributed by atoms with E-state index in [-0.39, 0.29) is 24.0 Å². The van der Waals surface area contributed by atoms with Crippen LogP contribution < -0.4 is 11.1 Å². The monoisotopic (exact) mass is 214 g/mol. The van der Waals surface area contributed by atoms with Crippen LogP contribution in [0.2, 0.25) is 0 Å². The van der Waals surface area contributed by atoms with Gasteiger partial charge in [-0.05, 0) is 39.0 Å². The van der Waals surface area contributed by atoms with Crippen molar-refractivity contribution in [3.05, 3.63) is 0 Å². The van der Waals surface area contributed by atoms with Crippen molar-refractivity contribution in [3.63, 3.8) is 0 Å². The molecule has 4 heteroatoms. The van der Waals surface area contributed by atoms with E-state index in [1.54, 1.807) is 6.92 Å². The molecule has 0 spiro atoms. The predicted molar refractivity (Wildman–Crippen MR) is 59.2 cm³/mol. The van der Waals surface area contributed by atoms with Crippen molar-refractivity contribution in [3.8, 4) is 0 Å². The van der Waals surface area contributed by atoms with Crippen LogP contribution in [0.5, 0.6) is 0 Å². The van der Waals surface area contributed by atoms with E-state index in [1.807, 2.05) is 0 Å². The van der Waals surface area contributed by atoms with Gasteiger partial charge in [-0.2, -0.15) is 0 Å². The smallest absolute Gasteiger partial charge is 0.223 e. The summed E-state index contributed by atoms with van der Waals surface area (Å²) in [5, 5.41) is 11.9. The SMILES string of the molecule is CC(O)CCCNC(=O)C1CCC(N)C1. The number of nitrogens with two attached hydrogens (primary N) is 1. The summed E-state index contributed by atoms with van der Waals surface area (Å²) in [6.45, 7) is 2.42. The lowest BCUT2D eigenvalue weighted by Gasteiger charge is -2.11. The molecule has 1 saturated carbocycles. The lowest BCUT2D eigenvalue weighted by Crippen LogP contribution is -2.31. The van der Waals surface area contributed by atoms with Crippen molar-refractivity contribution in [1.82, 2.24) is 5.32 Å². The molecule has 1 aliphatic carbocycles. The maximum atomic E-state index is 11.6. The maximum Gasteiger partial charge on any atom is 0.223 e. The molecule has 0 heterocycles. The largest absolute Gasteiger partial charge is 0.393 e. The van der Waals surface area contributed by atoms with Gasteiger partial charge in [0.05, 0.1) is 6.10 Å². The van der Waals surface area contributed by atoms with Gasteiger partial charge in [-0.25, -0.2) is 0 Å². The van der Waals surface area contributed by atoms with Gasteiger partial charge in [-0.1, -0.05) is 0 Å². The summed E-state index contributed by atoms with van der Waals surface area (Å²) in [5.74, 6) is 0.250. The quantitative estimate of drug-likeness (QED) is 0.580. The molecule has 0 radical (unpaired) electrons. The summed E-state index contributed by atoms with van der Waals surface area (Å²) in [6, 6.07) is 0.207. The molecular weight excluding hydrogens is 192 g/mol. The molecule has 0 aromatic heterocycles. The Hall–Kier alpha value is -0.610. The first-order valence-corrected chi connectivity index (χ1v) is 5.81. The summed E-state index contributed by atoms with van der Waals surface area (Å²) in [4.78, 5) is 11.6. The van der Waals surface area contributed by atoms with Gasteiger partial charge in [-0.3, -0.25) is 4.79 Å². The highest BCUT2D eigenvalue weighted by Crippen LogP contribution is 2.23. The van der Waals surface area contributed by atoms with E-state index >= 15 is 0 Å². The molecule has 4 nitrogen and oxygen atoms in total. The topological polar surface area (TPSA) is 75.3 Å². The number of nitrogens with one attached hydrogen (secondary N) is 1. The van der Waals surface area contributed by atoms with Crippen LogP contribution in [0.15, 0.2) is 0 Å². The lowest BCUT2D eigenvalue weighted by molar-refractivity contribution is -0.124. The molecule has 15 heavy (non-hydrogen) atoms. The zero-order valence-corrected chi connectivity index (χ0v) is 9.41. The molecule has 0 bridgehead atoms. The van der Waals surface area contributed by atoms with Crippen LogP contribution in [0.25, 0.3) is 0 Å². The Morgan fingerprint density at radius 1 is 1.60 bits per heavy atom. The van der Waals surface area contributed by atoms with E-state index in [4.69, 9.17) is 10.8 Å². The van der Waals surface area contributed by atoms with Gasteiger partial charge >= 0.3 is 0 Å². The first-order valence-electron chi connectivity index (χ1n) is 5.81. The molecule has 1 amide bonds. The maximum absolute atomic E-state index is 11.6. The minimum absolute atomic E-state index is 0.117. The van der Waals surface area contributed by atoms with Gasteiger partial charge in [0.25, 0.3) is 0 Å². The third-order valence-corrected chi connectivity index (χ3v) is 2.94. The summed E-state index contributed by atoms with van der Waals surface area (Å²) in [7, 11) is 0. The van der Waals surface area contributed by atoms with Crippen LogP contribution in [0.1, 0.15) is 39.0 Å². The van der Waals surface area contributed by atoms with Crippen molar-refractivity contribution < 1.29 is 9.90 Å². The summed E-state index contributed by atoms with van der Waals surface area (Å²) in [6.07, 6.45) is 4.01. The molecule has 88 valence electrons. The highest BCUT2D eigenvalue weighted by molar-refractivity contribution is 5.78. The first kappa shape index (κ1) is 12.5. The summed E-state index contributed by atoms with van der Waals surface area (Å²) in [5.41, 5.74) is 5.74. The Morgan fingerprint density at radius 3 is 2.87 bits per heavy atom. The number of aliphatic hydroxyl groups is 1. The first-order chi connectivity index (χ1) is 7.09. The van der Waals surface area contributed by atoms with Crippen LogP contribution in [0.3, 0.4) is 0 Å². The third kappa shape index (κ3) is 4.62. The number of hydrogen-bond donors (Lipinski definition) is 3. The van der Waals surface area contributed by atoms with Gasteiger partial charge in [0, 0.05) is 18.5 Å².